The van der Waals surface area contributed by atoms with Gasteiger partial charge in [-0.25, -0.2) is 0 Å². The summed E-state index contributed by atoms with van der Waals surface area (Å²) in [5.41, 5.74) is -0.954. The summed E-state index contributed by atoms with van der Waals surface area (Å²) in [5, 5.41) is 0.0282. The normalized spacial score (nSPS) is 14.8. The summed E-state index contributed by atoms with van der Waals surface area (Å²) in [6.45, 7) is 38.5. The van der Waals surface area contributed by atoms with E-state index in [1.54, 1.807) is 0 Å². The number of hydrogen-bond acceptors (Lipinski definition) is 20. The van der Waals surface area contributed by atoms with Crippen LogP contribution in [-0.4, -0.2) is 182 Å². The lowest BCUT2D eigenvalue weighted by molar-refractivity contribution is -0.0453. The molecule has 0 aromatic carbocycles. The maximum atomic E-state index is 7.05. The molecule has 4 unspecified atom stereocenters. The predicted molar refractivity (Wildman–Crippen MR) is 293 cm³/mol. The van der Waals surface area contributed by atoms with Crippen LogP contribution < -0.4 is 0 Å². The van der Waals surface area contributed by atoms with Crippen molar-refractivity contribution in [2.24, 2.45) is 0 Å². The molecular formula is C44H102O18S2Si6. The molecule has 0 aliphatic heterocycles. The van der Waals surface area contributed by atoms with E-state index < -0.39 is 65.7 Å². The molecule has 0 aromatic rings. The first-order valence-electron chi connectivity index (χ1n) is 26.7. The zero-order valence-corrected chi connectivity index (χ0v) is 54.5. The first-order chi connectivity index (χ1) is 33.9. The van der Waals surface area contributed by atoms with Crippen LogP contribution >= 0.6 is 21.6 Å². The molecule has 0 spiro atoms. The maximum absolute atomic E-state index is 7.05. The maximum Gasteiger partial charge on any atom is 0.679 e. The van der Waals surface area contributed by atoms with E-state index in [0.717, 1.165) is 25.7 Å². The molecule has 18 nitrogen and oxygen atoms in total. The van der Waals surface area contributed by atoms with Crippen LogP contribution in [0.5, 0.6) is 0 Å². The van der Waals surface area contributed by atoms with Crippen molar-refractivity contribution in [2.45, 2.75) is 183 Å². The summed E-state index contributed by atoms with van der Waals surface area (Å²) in [6, 6.07) is 1.33. The van der Waals surface area contributed by atoms with Gasteiger partial charge in [-0.05, 0) is 149 Å². The molecule has 26 heteroatoms. The molecule has 0 fully saturated rings. The van der Waals surface area contributed by atoms with Crippen molar-refractivity contribution in [1.82, 2.24) is 0 Å². The van der Waals surface area contributed by atoms with E-state index in [1.165, 1.54) is 0 Å². The number of rotatable bonds is 53. The Labute approximate surface area is 442 Å². The summed E-state index contributed by atoms with van der Waals surface area (Å²) in [6.07, 6.45) is 4.31. The second-order valence-electron chi connectivity index (χ2n) is 15.1. The average molecular weight is 1150 g/mol. The second-order valence-corrected chi connectivity index (χ2v) is 32.0. The smallest absolute Gasteiger partial charge is 0.395 e. The molecule has 0 radical (unpaired) electrons. The van der Waals surface area contributed by atoms with E-state index >= 15 is 0 Å². The van der Waals surface area contributed by atoms with Crippen molar-refractivity contribution >= 4 is 75.9 Å². The third-order valence-corrected chi connectivity index (χ3v) is 30.0. The van der Waals surface area contributed by atoms with E-state index in [9.17, 15) is 0 Å². The molecular weight excluding hydrogens is 1050 g/mol. The van der Waals surface area contributed by atoms with E-state index in [4.69, 9.17) is 79.7 Å². The van der Waals surface area contributed by atoms with Crippen LogP contribution in [0, 0.1) is 0 Å². The monoisotopic (exact) mass is 1150 g/mol. The summed E-state index contributed by atoms with van der Waals surface area (Å²) in [7, 11) is -14.6. The zero-order chi connectivity index (χ0) is 52.6. The molecule has 422 valence electrons. The van der Waals surface area contributed by atoms with Gasteiger partial charge in [-0.15, -0.1) is 0 Å². The molecule has 70 heavy (non-hydrogen) atoms. The molecule has 0 rings (SSSR count). The van der Waals surface area contributed by atoms with Gasteiger partial charge in [-0.2, -0.15) is 0 Å². The van der Waals surface area contributed by atoms with Crippen LogP contribution in [-0.2, 0) is 79.7 Å². The molecule has 0 saturated carbocycles. The van der Waals surface area contributed by atoms with Gasteiger partial charge in [0.1, 0.15) is 0 Å². The molecule has 0 bridgehead atoms. The van der Waals surface area contributed by atoms with Crippen LogP contribution in [0.2, 0.25) is 12.1 Å². The topological polar surface area (TPSA) is 166 Å². The van der Waals surface area contributed by atoms with Gasteiger partial charge >= 0.3 is 54.3 Å². The average Bonchev–Trinajstić information content (AvgIpc) is 3.31. The van der Waals surface area contributed by atoms with Crippen molar-refractivity contribution in [1.29, 1.82) is 0 Å². The Bertz CT molecular complexity index is 1030. The lowest BCUT2D eigenvalue weighted by Crippen LogP contribution is -2.56. The quantitative estimate of drug-likeness (QED) is 0.0418. The van der Waals surface area contributed by atoms with E-state index in [0.29, 0.717) is 131 Å². The zero-order valence-electron chi connectivity index (χ0n) is 46.6. The van der Waals surface area contributed by atoms with Crippen LogP contribution in [0.25, 0.3) is 0 Å². The van der Waals surface area contributed by atoms with Crippen LogP contribution in [0.1, 0.15) is 149 Å². The molecule has 0 saturated heterocycles. The minimum absolute atomic E-state index is 0.0141. The van der Waals surface area contributed by atoms with Crippen molar-refractivity contribution in [3.8, 4) is 0 Å². The Kier molecular flexibility index (Phi) is 45.1. The fraction of sp³-hybridized carbons (Fsp3) is 1.00. The van der Waals surface area contributed by atoms with Crippen molar-refractivity contribution < 1.29 is 79.7 Å². The Morgan fingerprint density at radius 1 is 0.314 bits per heavy atom. The Morgan fingerprint density at radius 2 is 0.543 bits per heavy atom. The first kappa shape index (κ1) is 71.3. The van der Waals surface area contributed by atoms with Crippen molar-refractivity contribution in [2.75, 3.05) is 106 Å². The van der Waals surface area contributed by atoms with Gasteiger partial charge in [-0.3, -0.25) is 0 Å². The summed E-state index contributed by atoms with van der Waals surface area (Å²) < 4.78 is 116. The van der Waals surface area contributed by atoms with E-state index in [1.807, 2.05) is 132 Å². The Hall–Kier alpha value is 1.28. The fourth-order valence-corrected chi connectivity index (χ4v) is 26.0. The molecule has 0 aliphatic rings. The summed E-state index contributed by atoms with van der Waals surface area (Å²) >= 11 is 0. The minimum atomic E-state index is -3.63. The van der Waals surface area contributed by atoms with Crippen LogP contribution in [0.4, 0.5) is 0 Å². The Balaban J connectivity index is 7.83. The lowest BCUT2D eigenvalue weighted by atomic mass is 10.2. The van der Waals surface area contributed by atoms with E-state index in [2.05, 4.69) is 0 Å². The van der Waals surface area contributed by atoms with Crippen LogP contribution in [0.15, 0.2) is 0 Å². The van der Waals surface area contributed by atoms with Gasteiger partial charge in [0.15, 0.2) is 0 Å². The first-order valence-corrected chi connectivity index (χ1v) is 39.3. The fourth-order valence-electron chi connectivity index (χ4n) is 7.68. The largest absolute Gasteiger partial charge is 0.679 e. The Morgan fingerprint density at radius 3 is 0.743 bits per heavy atom. The highest BCUT2D eigenvalue weighted by molar-refractivity contribution is 8.77. The highest BCUT2D eigenvalue weighted by atomic mass is 33.1. The van der Waals surface area contributed by atoms with Gasteiger partial charge in [0.05, 0.1) is 11.5 Å². The van der Waals surface area contributed by atoms with Gasteiger partial charge in [0.25, 0.3) is 0 Å². The highest BCUT2D eigenvalue weighted by Crippen LogP contribution is 2.42. The lowest BCUT2D eigenvalue weighted by Gasteiger charge is -2.36. The van der Waals surface area contributed by atoms with Gasteiger partial charge in [0.2, 0.25) is 0 Å². The second kappa shape index (κ2) is 44.3. The van der Waals surface area contributed by atoms with Gasteiger partial charge in [0, 0.05) is 128 Å². The third kappa shape index (κ3) is 28.6. The highest BCUT2D eigenvalue weighted by Gasteiger charge is 2.52. The molecule has 0 heterocycles. The summed E-state index contributed by atoms with van der Waals surface area (Å²) in [5.74, 6) is 0. The van der Waals surface area contributed by atoms with Crippen LogP contribution in [0.3, 0.4) is 0 Å². The molecule has 0 amide bonds. The van der Waals surface area contributed by atoms with Crippen molar-refractivity contribution in [3.63, 3.8) is 0 Å². The molecule has 0 N–H and O–H groups in total. The molecule has 0 aliphatic carbocycles. The van der Waals surface area contributed by atoms with Crippen molar-refractivity contribution in [3.05, 3.63) is 0 Å². The standard InChI is InChI=1S/C44H102O18S2Si6/c1-17-45-65(46-18-2)43(61-69(55-27-11,56-28-12)57-29-13)39-41(35-33-37-67(49-21-5,50-22-6)51-23-7)63-64-42(36-34-38-68(52-24-8,53-25-9)54-26-10)40-44(66(47-19-3)48-20-4)62-70(58-30-14,59-31-15)60-32-16/h41-44,65-66H,17-40H2,1-16H3. The third-order valence-electron chi connectivity index (χ3n) is 9.97. The minimum Gasteiger partial charge on any atom is -0.395 e. The number of hydrogen-bond donors (Lipinski definition) is 0. The SMILES string of the molecule is CCO[SiH](OCC)C(CC(CCC[Si](OCC)(OCC)OCC)SSC(CCC[Si](OCC)(OCC)OCC)CC(O[Si](OCC)(OCC)OCC)[SiH](OCC)OCC)O[Si](OCC)(OCC)OCC. The van der Waals surface area contributed by atoms with Gasteiger partial charge in [-0.1, -0.05) is 21.6 Å². The molecule has 0 aromatic heterocycles. The van der Waals surface area contributed by atoms with E-state index in [-0.39, 0.29) is 10.5 Å². The molecule has 4 atom stereocenters. The predicted octanol–water partition coefficient (Wildman–Crippen LogP) is 9.07. The summed E-state index contributed by atoms with van der Waals surface area (Å²) in [4.78, 5) is 0. The van der Waals surface area contributed by atoms with Gasteiger partial charge < -0.3 is 79.7 Å².